The molecule has 0 aliphatic carbocycles. The molecule has 0 saturated heterocycles. The van der Waals surface area contributed by atoms with Crippen LogP contribution in [0.3, 0.4) is 0 Å². The molecule has 1 aromatic carbocycles. The van der Waals surface area contributed by atoms with Gasteiger partial charge in [-0.3, -0.25) is 10.1 Å². The summed E-state index contributed by atoms with van der Waals surface area (Å²) in [7, 11) is -3.68. The lowest BCUT2D eigenvalue weighted by atomic mass is 10.1. The molecule has 0 radical (unpaired) electrons. The summed E-state index contributed by atoms with van der Waals surface area (Å²) in [6, 6.07) is 8.16. The van der Waals surface area contributed by atoms with E-state index in [4.69, 9.17) is 0 Å². The van der Waals surface area contributed by atoms with E-state index in [0.29, 0.717) is 30.4 Å². The van der Waals surface area contributed by atoms with Crippen LogP contribution in [-0.2, 0) is 10.0 Å². The van der Waals surface area contributed by atoms with E-state index in [1.807, 2.05) is 23.6 Å². The molecule has 9 heteroatoms. The van der Waals surface area contributed by atoms with Crippen molar-refractivity contribution in [3.8, 4) is 0 Å². The molecule has 0 amide bonds. The maximum atomic E-state index is 13.0. The quantitative estimate of drug-likeness (QED) is 0.544. The zero-order valence-electron chi connectivity index (χ0n) is 13.6. The van der Waals surface area contributed by atoms with E-state index in [-0.39, 0.29) is 10.6 Å². The molecule has 0 saturated carbocycles. The van der Waals surface area contributed by atoms with Gasteiger partial charge in [-0.05, 0) is 29.5 Å². The molecule has 0 fully saturated rings. The largest absolute Gasteiger partial charge is 0.360 e. The summed E-state index contributed by atoms with van der Waals surface area (Å²) in [5.74, 6) is 0. The Kier molecular flexibility index (Phi) is 4.14. The zero-order valence-corrected chi connectivity index (χ0v) is 15.2. The number of nitrogens with one attached hydrogen (secondary N) is 1. The predicted molar refractivity (Wildman–Crippen MR) is 101 cm³/mol. The van der Waals surface area contributed by atoms with Crippen LogP contribution in [0, 0.1) is 10.1 Å². The Morgan fingerprint density at radius 2 is 2.12 bits per heavy atom. The van der Waals surface area contributed by atoms with Crippen LogP contribution in [0.15, 0.2) is 52.9 Å². The van der Waals surface area contributed by atoms with Crippen LogP contribution in [0.4, 0.5) is 5.69 Å². The second kappa shape index (κ2) is 6.35. The minimum atomic E-state index is -3.68. The number of nitro groups is 1. The Bertz CT molecular complexity index is 1110. The van der Waals surface area contributed by atoms with Gasteiger partial charge >= 0.3 is 0 Å². The van der Waals surface area contributed by atoms with E-state index in [0.717, 1.165) is 0 Å². The fourth-order valence-electron chi connectivity index (χ4n) is 3.11. The highest BCUT2D eigenvalue weighted by atomic mass is 32.2. The lowest BCUT2D eigenvalue weighted by Gasteiger charge is -2.25. The van der Waals surface area contributed by atoms with Gasteiger partial charge in [0.1, 0.15) is 4.90 Å². The molecule has 1 N–H and O–H groups in total. The van der Waals surface area contributed by atoms with Crippen LogP contribution in [0.5, 0.6) is 0 Å². The fourth-order valence-corrected chi connectivity index (χ4v) is 5.45. The van der Waals surface area contributed by atoms with Crippen molar-refractivity contribution < 1.29 is 13.3 Å². The first-order valence-corrected chi connectivity index (χ1v) is 10.3. The molecule has 3 aromatic rings. The number of nitro benzene ring substituents is 1. The van der Waals surface area contributed by atoms with E-state index in [9.17, 15) is 18.5 Å². The van der Waals surface area contributed by atoms with Crippen molar-refractivity contribution in [2.45, 2.75) is 11.3 Å². The summed E-state index contributed by atoms with van der Waals surface area (Å²) in [5, 5.41) is 13.3. The van der Waals surface area contributed by atoms with Gasteiger partial charge in [-0.2, -0.15) is 4.31 Å². The number of aromatic nitrogens is 1. The number of rotatable bonds is 4. The molecule has 1 aliphatic heterocycles. The van der Waals surface area contributed by atoms with Crippen LogP contribution in [0.2, 0.25) is 0 Å². The summed E-state index contributed by atoms with van der Waals surface area (Å²) >= 11 is 1.65. The molecule has 4 rings (SSSR count). The van der Waals surface area contributed by atoms with Crippen LogP contribution in [-0.4, -0.2) is 35.7 Å². The molecular formula is C17H15N3O4S2. The highest BCUT2D eigenvalue weighted by Crippen LogP contribution is 2.32. The summed E-state index contributed by atoms with van der Waals surface area (Å²) < 4.78 is 27.5. The average Bonchev–Trinajstić information content (AvgIpc) is 3.31. The Labute approximate surface area is 153 Å². The highest BCUT2D eigenvalue weighted by Gasteiger charge is 2.29. The van der Waals surface area contributed by atoms with Crippen LogP contribution >= 0.6 is 11.3 Å². The fraction of sp³-hybridized carbons (Fsp3) is 0.176. The molecule has 1 aliphatic rings. The monoisotopic (exact) mass is 389 g/mol. The summed E-state index contributed by atoms with van der Waals surface area (Å²) in [6.45, 7) is 0.723. The van der Waals surface area contributed by atoms with Gasteiger partial charge in [0, 0.05) is 41.7 Å². The number of aromatic amines is 1. The van der Waals surface area contributed by atoms with Gasteiger partial charge in [0.15, 0.2) is 0 Å². The number of hydrogen-bond donors (Lipinski definition) is 1. The number of benzene rings is 1. The molecule has 7 nitrogen and oxygen atoms in total. The van der Waals surface area contributed by atoms with Crippen LogP contribution in [0.25, 0.3) is 16.5 Å². The number of thiophene rings is 1. The topological polar surface area (TPSA) is 96.3 Å². The number of hydrogen-bond acceptors (Lipinski definition) is 5. The number of non-ortho nitro benzene ring substituents is 1. The highest BCUT2D eigenvalue weighted by molar-refractivity contribution is 7.89. The van der Waals surface area contributed by atoms with E-state index < -0.39 is 14.9 Å². The number of fused-ring (bicyclic) bond motifs is 1. The molecule has 26 heavy (non-hydrogen) atoms. The normalized spacial score (nSPS) is 15.9. The first-order chi connectivity index (χ1) is 12.5. The van der Waals surface area contributed by atoms with Crippen molar-refractivity contribution >= 4 is 43.5 Å². The predicted octanol–water partition coefficient (Wildman–Crippen LogP) is 3.62. The van der Waals surface area contributed by atoms with E-state index in [1.165, 1.54) is 39.2 Å². The molecule has 0 spiro atoms. The Morgan fingerprint density at radius 3 is 2.77 bits per heavy atom. The minimum Gasteiger partial charge on any atom is -0.360 e. The maximum absolute atomic E-state index is 13.0. The van der Waals surface area contributed by atoms with Gasteiger partial charge in [-0.15, -0.1) is 11.3 Å². The van der Waals surface area contributed by atoms with Gasteiger partial charge in [0.05, 0.1) is 10.4 Å². The van der Waals surface area contributed by atoms with Crippen molar-refractivity contribution in [3.05, 3.63) is 63.0 Å². The third kappa shape index (κ3) is 2.83. The Morgan fingerprint density at radius 1 is 1.27 bits per heavy atom. The van der Waals surface area contributed by atoms with Crippen LogP contribution in [0.1, 0.15) is 11.3 Å². The smallest absolute Gasteiger partial charge is 0.271 e. The van der Waals surface area contributed by atoms with Gasteiger partial charge in [0.25, 0.3) is 5.69 Å². The first kappa shape index (κ1) is 17.0. The summed E-state index contributed by atoms with van der Waals surface area (Å²) in [6.07, 6.45) is 4.02. The molecule has 134 valence electrons. The molecule has 3 heterocycles. The van der Waals surface area contributed by atoms with Gasteiger partial charge < -0.3 is 4.98 Å². The molecule has 0 unspecified atom stereocenters. The maximum Gasteiger partial charge on any atom is 0.271 e. The van der Waals surface area contributed by atoms with Crippen molar-refractivity contribution in [2.24, 2.45) is 0 Å². The number of sulfonamides is 1. The van der Waals surface area contributed by atoms with Gasteiger partial charge in [-0.1, -0.05) is 12.1 Å². The van der Waals surface area contributed by atoms with Gasteiger partial charge in [0.2, 0.25) is 10.0 Å². The lowest BCUT2D eigenvalue weighted by molar-refractivity contribution is -0.384. The van der Waals surface area contributed by atoms with Crippen molar-refractivity contribution in [1.82, 2.24) is 9.29 Å². The SMILES string of the molecule is O=[N+]([O-])c1ccc2c(S(=O)(=O)N3CC=C(c4cccs4)CC3)c[nH]c2c1. The third-order valence-corrected chi connectivity index (χ3v) is 7.32. The summed E-state index contributed by atoms with van der Waals surface area (Å²) in [5.41, 5.74) is 1.52. The average molecular weight is 389 g/mol. The van der Waals surface area contributed by atoms with E-state index in [1.54, 1.807) is 11.3 Å². The van der Waals surface area contributed by atoms with Crippen molar-refractivity contribution in [1.29, 1.82) is 0 Å². The van der Waals surface area contributed by atoms with Crippen LogP contribution < -0.4 is 0 Å². The molecular weight excluding hydrogens is 374 g/mol. The lowest BCUT2D eigenvalue weighted by Crippen LogP contribution is -2.34. The van der Waals surface area contributed by atoms with E-state index >= 15 is 0 Å². The first-order valence-electron chi connectivity index (χ1n) is 7.95. The van der Waals surface area contributed by atoms with E-state index in [2.05, 4.69) is 4.98 Å². The molecule has 2 aromatic heterocycles. The second-order valence-electron chi connectivity index (χ2n) is 5.96. The molecule has 0 atom stereocenters. The summed E-state index contributed by atoms with van der Waals surface area (Å²) in [4.78, 5) is 14.5. The third-order valence-electron chi connectivity index (χ3n) is 4.47. The minimum absolute atomic E-state index is 0.0789. The standard InChI is InChI=1S/C17H15N3O4S2/c21-20(22)13-3-4-14-15(10-13)18-11-17(14)26(23,24)19-7-5-12(6-8-19)16-2-1-9-25-16/h1-5,9-11,18H,6-8H2. The van der Waals surface area contributed by atoms with Crippen molar-refractivity contribution in [2.75, 3.05) is 13.1 Å². The second-order valence-corrected chi connectivity index (χ2v) is 8.81. The Balaban J connectivity index is 1.65. The number of nitrogens with zero attached hydrogens (tertiary/aromatic N) is 2. The molecule has 0 bridgehead atoms. The number of H-pyrrole nitrogens is 1. The Hall–Kier alpha value is -2.49. The zero-order chi connectivity index (χ0) is 18.3. The van der Waals surface area contributed by atoms with Gasteiger partial charge in [-0.25, -0.2) is 8.42 Å². The van der Waals surface area contributed by atoms with Crippen molar-refractivity contribution in [3.63, 3.8) is 0 Å².